The molecular weight excluding hydrogens is 206 g/mol. The van der Waals surface area contributed by atoms with Crippen molar-refractivity contribution in [3.8, 4) is 0 Å². The zero-order chi connectivity index (χ0) is 11.4. The third-order valence-electron chi connectivity index (χ3n) is 3.00. The van der Waals surface area contributed by atoms with Crippen LogP contribution in [-0.4, -0.2) is 32.2 Å². The highest BCUT2D eigenvalue weighted by Crippen LogP contribution is 2.17. The quantitative estimate of drug-likeness (QED) is 0.794. The highest BCUT2D eigenvalue weighted by molar-refractivity contribution is 5.78. The maximum absolute atomic E-state index is 11.7. The van der Waals surface area contributed by atoms with Gasteiger partial charge in [-0.2, -0.15) is 0 Å². The van der Waals surface area contributed by atoms with Gasteiger partial charge in [0.05, 0.1) is 6.42 Å². The number of nitrogens with zero attached hydrogens (tertiary/aromatic N) is 4. The maximum atomic E-state index is 11.7. The van der Waals surface area contributed by atoms with E-state index in [-0.39, 0.29) is 12.3 Å². The van der Waals surface area contributed by atoms with Gasteiger partial charge in [0.1, 0.15) is 0 Å². The number of carbonyl (C=O) groups excluding carboxylic acids is 1. The van der Waals surface area contributed by atoms with Crippen molar-refractivity contribution in [1.82, 2.24) is 25.5 Å². The molecule has 6 nitrogen and oxygen atoms in total. The van der Waals surface area contributed by atoms with E-state index in [9.17, 15) is 4.79 Å². The van der Waals surface area contributed by atoms with E-state index in [2.05, 4.69) is 20.8 Å². The molecule has 1 aromatic rings. The zero-order valence-corrected chi connectivity index (χ0v) is 9.52. The molecule has 1 aliphatic carbocycles. The number of aromatic nitrogens is 4. The first-order chi connectivity index (χ1) is 7.75. The Morgan fingerprint density at radius 1 is 1.44 bits per heavy atom. The summed E-state index contributed by atoms with van der Waals surface area (Å²) in [5.41, 5.74) is 0. The topological polar surface area (TPSA) is 72.7 Å². The average Bonchev–Trinajstić information content (AvgIpc) is 2.66. The monoisotopic (exact) mass is 223 g/mol. The van der Waals surface area contributed by atoms with Gasteiger partial charge >= 0.3 is 0 Å². The van der Waals surface area contributed by atoms with Gasteiger partial charge in [-0.05, 0) is 23.3 Å². The van der Waals surface area contributed by atoms with E-state index in [4.69, 9.17) is 0 Å². The van der Waals surface area contributed by atoms with E-state index >= 15 is 0 Å². The van der Waals surface area contributed by atoms with Crippen LogP contribution in [0.15, 0.2) is 0 Å². The Labute approximate surface area is 94.4 Å². The molecule has 0 saturated heterocycles. The molecule has 88 valence electrons. The lowest BCUT2D eigenvalue weighted by Crippen LogP contribution is -2.37. The third-order valence-corrected chi connectivity index (χ3v) is 3.00. The normalized spacial score (nSPS) is 17.3. The molecule has 1 heterocycles. The van der Waals surface area contributed by atoms with Crippen LogP contribution in [-0.2, 0) is 18.3 Å². The predicted octanol–water partition coefficient (Wildman–Crippen LogP) is 0.201. The van der Waals surface area contributed by atoms with Gasteiger partial charge in [0.25, 0.3) is 0 Å². The summed E-state index contributed by atoms with van der Waals surface area (Å²) in [6.45, 7) is 0. The minimum absolute atomic E-state index is 0.0183. The number of carbonyl (C=O) groups is 1. The first kappa shape index (κ1) is 11.0. The highest BCUT2D eigenvalue weighted by Gasteiger charge is 2.17. The second kappa shape index (κ2) is 5.05. The molecular formula is C10H17N5O. The summed E-state index contributed by atoms with van der Waals surface area (Å²) in [5, 5.41) is 14.0. The highest BCUT2D eigenvalue weighted by atomic mass is 16.1. The van der Waals surface area contributed by atoms with Crippen molar-refractivity contribution in [2.24, 2.45) is 7.05 Å². The van der Waals surface area contributed by atoms with Crippen molar-refractivity contribution in [3.63, 3.8) is 0 Å². The van der Waals surface area contributed by atoms with E-state index in [0.29, 0.717) is 11.9 Å². The minimum Gasteiger partial charge on any atom is -0.353 e. The van der Waals surface area contributed by atoms with Crippen LogP contribution in [0.4, 0.5) is 0 Å². The van der Waals surface area contributed by atoms with Gasteiger partial charge in [-0.1, -0.05) is 19.3 Å². The van der Waals surface area contributed by atoms with E-state index in [1.54, 1.807) is 7.05 Å². The second-order valence-corrected chi connectivity index (χ2v) is 4.30. The van der Waals surface area contributed by atoms with Crippen molar-refractivity contribution in [2.45, 2.75) is 44.6 Å². The smallest absolute Gasteiger partial charge is 0.227 e. The molecule has 2 rings (SSSR count). The van der Waals surface area contributed by atoms with Gasteiger partial charge in [0, 0.05) is 13.1 Å². The zero-order valence-electron chi connectivity index (χ0n) is 9.52. The molecule has 1 aromatic heterocycles. The first-order valence-electron chi connectivity index (χ1n) is 5.76. The van der Waals surface area contributed by atoms with Crippen LogP contribution >= 0.6 is 0 Å². The summed E-state index contributed by atoms with van der Waals surface area (Å²) in [7, 11) is 1.74. The molecule has 6 heteroatoms. The lowest BCUT2D eigenvalue weighted by atomic mass is 9.95. The van der Waals surface area contributed by atoms with Crippen LogP contribution < -0.4 is 5.32 Å². The summed E-state index contributed by atoms with van der Waals surface area (Å²) in [5.74, 6) is 0.623. The van der Waals surface area contributed by atoms with Crippen molar-refractivity contribution < 1.29 is 4.79 Å². The lowest BCUT2D eigenvalue weighted by Gasteiger charge is -2.22. The fourth-order valence-corrected chi connectivity index (χ4v) is 2.07. The van der Waals surface area contributed by atoms with Crippen molar-refractivity contribution >= 4 is 5.91 Å². The number of hydrogen-bond acceptors (Lipinski definition) is 4. The fraction of sp³-hybridized carbons (Fsp3) is 0.800. The molecule has 16 heavy (non-hydrogen) atoms. The molecule has 0 unspecified atom stereocenters. The Balaban J connectivity index is 1.82. The molecule has 1 saturated carbocycles. The summed E-state index contributed by atoms with van der Waals surface area (Å²) >= 11 is 0. The average molecular weight is 223 g/mol. The number of aryl methyl sites for hydroxylation is 1. The van der Waals surface area contributed by atoms with Crippen LogP contribution in [0.5, 0.6) is 0 Å². The van der Waals surface area contributed by atoms with Gasteiger partial charge in [-0.25, -0.2) is 4.68 Å². The Bertz CT molecular complexity index is 356. The van der Waals surface area contributed by atoms with Gasteiger partial charge in [0.15, 0.2) is 5.82 Å². The van der Waals surface area contributed by atoms with E-state index in [1.807, 2.05) is 0 Å². The Morgan fingerprint density at radius 2 is 2.19 bits per heavy atom. The molecule has 1 N–H and O–H groups in total. The third kappa shape index (κ3) is 2.77. The van der Waals surface area contributed by atoms with E-state index in [1.165, 1.54) is 23.9 Å². The van der Waals surface area contributed by atoms with Crippen molar-refractivity contribution in [3.05, 3.63) is 5.82 Å². The summed E-state index contributed by atoms with van der Waals surface area (Å²) in [6.07, 6.45) is 6.19. The van der Waals surface area contributed by atoms with Crippen LogP contribution in [0, 0.1) is 0 Å². The first-order valence-corrected chi connectivity index (χ1v) is 5.76. The standard InChI is InChI=1S/C10H17N5O/c1-15-9(12-13-14-15)7-10(16)11-8-5-3-2-4-6-8/h8H,2-7H2,1H3,(H,11,16). The molecule has 0 aromatic carbocycles. The molecule has 0 radical (unpaired) electrons. The fourth-order valence-electron chi connectivity index (χ4n) is 2.07. The van der Waals surface area contributed by atoms with Crippen LogP contribution in [0.2, 0.25) is 0 Å². The Hall–Kier alpha value is -1.46. The van der Waals surface area contributed by atoms with Crippen LogP contribution in [0.25, 0.3) is 0 Å². The van der Waals surface area contributed by atoms with Gasteiger partial charge in [-0.15, -0.1) is 5.10 Å². The van der Waals surface area contributed by atoms with E-state index in [0.717, 1.165) is 12.8 Å². The number of rotatable bonds is 3. The predicted molar refractivity (Wildman–Crippen MR) is 57.5 cm³/mol. The van der Waals surface area contributed by atoms with Crippen LogP contribution in [0.1, 0.15) is 37.9 Å². The minimum atomic E-state index is 0.0183. The van der Waals surface area contributed by atoms with Gasteiger partial charge < -0.3 is 5.32 Å². The SMILES string of the molecule is Cn1nnnc1CC(=O)NC1CCCCC1. The number of nitrogens with one attached hydrogen (secondary N) is 1. The Morgan fingerprint density at radius 3 is 2.81 bits per heavy atom. The Kier molecular flexibility index (Phi) is 3.48. The largest absolute Gasteiger partial charge is 0.353 e. The number of hydrogen-bond donors (Lipinski definition) is 1. The molecule has 1 fully saturated rings. The van der Waals surface area contributed by atoms with Crippen molar-refractivity contribution in [2.75, 3.05) is 0 Å². The molecule has 0 bridgehead atoms. The molecule has 1 amide bonds. The van der Waals surface area contributed by atoms with Gasteiger partial charge in [0.2, 0.25) is 5.91 Å². The van der Waals surface area contributed by atoms with Crippen molar-refractivity contribution in [1.29, 1.82) is 0 Å². The summed E-state index contributed by atoms with van der Waals surface area (Å²) < 4.78 is 1.53. The molecule has 0 spiro atoms. The maximum Gasteiger partial charge on any atom is 0.227 e. The van der Waals surface area contributed by atoms with E-state index < -0.39 is 0 Å². The molecule has 1 aliphatic rings. The van der Waals surface area contributed by atoms with Gasteiger partial charge in [-0.3, -0.25) is 4.79 Å². The lowest BCUT2D eigenvalue weighted by molar-refractivity contribution is -0.121. The second-order valence-electron chi connectivity index (χ2n) is 4.30. The summed E-state index contributed by atoms with van der Waals surface area (Å²) in [4.78, 5) is 11.7. The van der Waals surface area contributed by atoms with Crippen LogP contribution in [0.3, 0.4) is 0 Å². The molecule has 0 aliphatic heterocycles. The number of amides is 1. The number of tetrazole rings is 1. The summed E-state index contributed by atoms with van der Waals surface area (Å²) in [6, 6.07) is 0.349. The molecule has 0 atom stereocenters.